The highest BCUT2D eigenvalue weighted by Crippen LogP contribution is 2.07. The van der Waals surface area contributed by atoms with E-state index < -0.39 is 0 Å². The van der Waals surface area contributed by atoms with Gasteiger partial charge in [0.1, 0.15) is 0 Å². The zero-order valence-corrected chi connectivity index (χ0v) is 10.9. The SMILES string of the molecule is Cc1nn(C)cc1CNC(=O)C(C)CCCN. The minimum Gasteiger partial charge on any atom is -0.352 e. The third-order valence-electron chi connectivity index (χ3n) is 2.86. The second-order valence-electron chi connectivity index (χ2n) is 4.46. The maximum atomic E-state index is 11.8. The van der Waals surface area contributed by atoms with Gasteiger partial charge in [0.05, 0.1) is 5.69 Å². The van der Waals surface area contributed by atoms with Crippen LogP contribution >= 0.6 is 0 Å². The van der Waals surface area contributed by atoms with Crippen molar-refractivity contribution in [1.29, 1.82) is 0 Å². The number of nitrogens with one attached hydrogen (secondary N) is 1. The molecule has 0 radical (unpaired) electrons. The van der Waals surface area contributed by atoms with Crippen molar-refractivity contribution in [2.24, 2.45) is 18.7 Å². The van der Waals surface area contributed by atoms with Crippen molar-refractivity contribution in [3.05, 3.63) is 17.5 Å². The van der Waals surface area contributed by atoms with Crippen molar-refractivity contribution in [2.45, 2.75) is 33.2 Å². The van der Waals surface area contributed by atoms with Crippen molar-refractivity contribution < 1.29 is 4.79 Å². The predicted molar refractivity (Wildman–Crippen MR) is 67.2 cm³/mol. The van der Waals surface area contributed by atoms with Crippen LogP contribution in [0.25, 0.3) is 0 Å². The van der Waals surface area contributed by atoms with Gasteiger partial charge in [-0.05, 0) is 26.3 Å². The number of aromatic nitrogens is 2. The van der Waals surface area contributed by atoms with E-state index in [1.54, 1.807) is 4.68 Å². The van der Waals surface area contributed by atoms with E-state index in [-0.39, 0.29) is 11.8 Å². The third kappa shape index (κ3) is 4.19. The largest absolute Gasteiger partial charge is 0.352 e. The van der Waals surface area contributed by atoms with Gasteiger partial charge in [-0.1, -0.05) is 6.92 Å². The van der Waals surface area contributed by atoms with Crippen LogP contribution in [0.5, 0.6) is 0 Å². The minimum absolute atomic E-state index is 0.0236. The summed E-state index contributed by atoms with van der Waals surface area (Å²) in [7, 11) is 1.88. The standard InChI is InChI=1S/C12H22N4O/c1-9(5-4-6-13)12(17)14-7-11-8-16(3)15-10(11)2/h8-9H,4-7,13H2,1-3H3,(H,14,17). The number of hydrogen-bond acceptors (Lipinski definition) is 3. The van der Waals surface area contributed by atoms with E-state index >= 15 is 0 Å². The van der Waals surface area contributed by atoms with E-state index in [1.165, 1.54) is 0 Å². The highest BCUT2D eigenvalue weighted by Gasteiger charge is 2.12. The second-order valence-corrected chi connectivity index (χ2v) is 4.46. The van der Waals surface area contributed by atoms with E-state index in [0.29, 0.717) is 13.1 Å². The highest BCUT2D eigenvalue weighted by atomic mass is 16.1. The molecule has 3 N–H and O–H groups in total. The molecule has 0 fully saturated rings. The van der Waals surface area contributed by atoms with Crippen molar-refractivity contribution in [3.8, 4) is 0 Å². The van der Waals surface area contributed by atoms with Gasteiger partial charge in [0.25, 0.3) is 0 Å². The summed E-state index contributed by atoms with van der Waals surface area (Å²) in [6, 6.07) is 0. The molecule has 1 heterocycles. The van der Waals surface area contributed by atoms with Crippen LogP contribution in [0.3, 0.4) is 0 Å². The Balaban J connectivity index is 2.40. The Bertz CT molecular complexity index is 373. The Labute approximate surface area is 102 Å². The maximum Gasteiger partial charge on any atom is 0.223 e. The van der Waals surface area contributed by atoms with Gasteiger partial charge in [0, 0.05) is 31.3 Å². The molecule has 1 amide bonds. The summed E-state index contributed by atoms with van der Waals surface area (Å²) >= 11 is 0. The molecule has 0 bridgehead atoms. The molecule has 1 aromatic heterocycles. The number of carbonyl (C=O) groups is 1. The summed E-state index contributed by atoms with van der Waals surface area (Å²) in [6.45, 7) is 5.06. The molecule has 0 aromatic carbocycles. The Hall–Kier alpha value is -1.36. The number of nitrogens with zero attached hydrogens (tertiary/aromatic N) is 2. The van der Waals surface area contributed by atoms with Crippen LogP contribution in [-0.4, -0.2) is 22.2 Å². The van der Waals surface area contributed by atoms with Gasteiger partial charge in [0.15, 0.2) is 0 Å². The molecule has 0 aliphatic heterocycles. The van der Waals surface area contributed by atoms with Gasteiger partial charge in [-0.3, -0.25) is 9.48 Å². The van der Waals surface area contributed by atoms with Crippen LogP contribution in [-0.2, 0) is 18.4 Å². The third-order valence-corrected chi connectivity index (χ3v) is 2.86. The molecule has 0 saturated carbocycles. The Morgan fingerprint density at radius 1 is 1.65 bits per heavy atom. The van der Waals surface area contributed by atoms with Crippen molar-refractivity contribution in [1.82, 2.24) is 15.1 Å². The van der Waals surface area contributed by atoms with E-state index in [1.807, 2.05) is 27.1 Å². The van der Waals surface area contributed by atoms with E-state index in [2.05, 4.69) is 10.4 Å². The average molecular weight is 238 g/mol. The molecule has 1 unspecified atom stereocenters. The molecule has 5 heteroatoms. The first-order chi connectivity index (χ1) is 8.04. The highest BCUT2D eigenvalue weighted by molar-refractivity contribution is 5.78. The summed E-state index contributed by atoms with van der Waals surface area (Å²) in [5.74, 6) is 0.109. The van der Waals surface area contributed by atoms with Gasteiger partial charge in [0.2, 0.25) is 5.91 Å². The summed E-state index contributed by atoms with van der Waals surface area (Å²) in [5.41, 5.74) is 7.44. The fourth-order valence-electron chi connectivity index (χ4n) is 1.73. The quantitative estimate of drug-likeness (QED) is 0.767. The summed E-state index contributed by atoms with van der Waals surface area (Å²) in [5, 5.41) is 7.16. The molecule has 96 valence electrons. The van der Waals surface area contributed by atoms with Crippen molar-refractivity contribution in [3.63, 3.8) is 0 Å². The van der Waals surface area contributed by atoms with Crippen LogP contribution in [0.4, 0.5) is 0 Å². The van der Waals surface area contributed by atoms with Gasteiger partial charge in [-0.15, -0.1) is 0 Å². The average Bonchev–Trinajstić information content (AvgIpc) is 2.61. The zero-order chi connectivity index (χ0) is 12.8. The summed E-state index contributed by atoms with van der Waals surface area (Å²) in [6.07, 6.45) is 3.66. The topological polar surface area (TPSA) is 72.9 Å². The summed E-state index contributed by atoms with van der Waals surface area (Å²) in [4.78, 5) is 11.8. The first-order valence-electron chi connectivity index (χ1n) is 6.01. The van der Waals surface area contributed by atoms with Gasteiger partial charge >= 0.3 is 0 Å². The molecule has 17 heavy (non-hydrogen) atoms. The zero-order valence-electron chi connectivity index (χ0n) is 10.9. The Kier molecular flexibility index (Phi) is 5.15. The second kappa shape index (κ2) is 6.39. The van der Waals surface area contributed by atoms with Crippen LogP contribution in [0.2, 0.25) is 0 Å². The van der Waals surface area contributed by atoms with E-state index in [9.17, 15) is 4.79 Å². The maximum absolute atomic E-state index is 11.8. The monoisotopic (exact) mass is 238 g/mol. The van der Waals surface area contributed by atoms with Crippen LogP contribution in [0.15, 0.2) is 6.20 Å². The number of amides is 1. The smallest absolute Gasteiger partial charge is 0.223 e. The molecular formula is C12H22N4O. The number of rotatable bonds is 6. The van der Waals surface area contributed by atoms with Gasteiger partial charge in [-0.25, -0.2) is 0 Å². The molecule has 0 spiro atoms. The fraction of sp³-hybridized carbons (Fsp3) is 0.667. The number of nitrogens with two attached hydrogens (primary N) is 1. The van der Waals surface area contributed by atoms with Crippen LogP contribution in [0, 0.1) is 12.8 Å². The van der Waals surface area contributed by atoms with E-state index in [4.69, 9.17) is 5.73 Å². The number of aryl methyl sites for hydroxylation is 2. The first kappa shape index (κ1) is 13.7. The lowest BCUT2D eigenvalue weighted by Crippen LogP contribution is -2.29. The molecule has 1 atom stereocenters. The number of carbonyl (C=O) groups excluding carboxylic acids is 1. The molecule has 5 nitrogen and oxygen atoms in total. The van der Waals surface area contributed by atoms with Gasteiger partial charge < -0.3 is 11.1 Å². The molecule has 0 aliphatic carbocycles. The normalized spacial score (nSPS) is 12.5. The van der Waals surface area contributed by atoms with Gasteiger partial charge in [-0.2, -0.15) is 5.10 Å². The first-order valence-corrected chi connectivity index (χ1v) is 6.01. The lowest BCUT2D eigenvalue weighted by molar-refractivity contribution is -0.124. The molecular weight excluding hydrogens is 216 g/mol. The van der Waals surface area contributed by atoms with Crippen molar-refractivity contribution in [2.75, 3.05) is 6.54 Å². The van der Waals surface area contributed by atoms with Crippen LogP contribution in [0.1, 0.15) is 31.0 Å². The van der Waals surface area contributed by atoms with E-state index in [0.717, 1.165) is 24.1 Å². The molecule has 1 aromatic rings. The molecule has 0 aliphatic rings. The fourth-order valence-corrected chi connectivity index (χ4v) is 1.73. The number of hydrogen-bond donors (Lipinski definition) is 2. The summed E-state index contributed by atoms with van der Waals surface area (Å²) < 4.78 is 1.76. The minimum atomic E-state index is 0.0236. The molecule has 1 rings (SSSR count). The predicted octanol–water partition coefficient (Wildman–Crippen LogP) is 0.720. The Morgan fingerprint density at radius 3 is 2.88 bits per heavy atom. The lowest BCUT2D eigenvalue weighted by atomic mass is 10.0. The Morgan fingerprint density at radius 2 is 2.35 bits per heavy atom. The van der Waals surface area contributed by atoms with Crippen LogP contribution < -0.4 is 11.1 Å². The lowest BCUT2D eigenvalue weighted by Gasteiger charge is -2.11. The van der Waals surface area contributed by atoms with Crippen molar-refractivity contribution >= 4 is 5.91 Å². The molecule has 0 saturated heterocycles.